The minimum Gasteiger partial charge on any atom is -0.350 e. The van der Waals surface area contributed by atoms with Gasteiger partial charge < -0.3 is 9.47 Å². The van der Waals surface area contributed by atoms with E-state index in [0.717, 1.165) is 5.56 Å². The molecule has 0 atom stereocenters. The highest BCUT2D eigenvalue weighted by molar-refractivity contribution is 5.88. The summed E-state index contributed by atoms with van der Waals surface area (Å²) in [5, 5.41) is 1.21. The first-order valence-electron chi connectivity index (χ1n) is 5.95. The van der Waals surface area contributed by atoms with E-state index < -0.39 is 0 Å². The van der Waals surface area contributed by atoms with E-state index in [1.54, 1.807) is 11.9 Å². The number of benzene rings is 1. The quantitative estimate of drug-likeness (QED) is 0.760. The highest BCUT2D eigenvalue weighted by Crippen LogP contribution is 2.23. The Labute approximate surface area is 107 Å². The molecule has 1 heterocycles. The van der Waals surface area contributed by atoms with Gasteiger partial charge >= 0.3 is 0 Å². The van der Waals surface area contributed by atoms with E-state index in [4.69, 9.17) is 0 Å². The summed E-state index contributed by atoms with van der Waals surface area (Å²) in [5.41, 5.74) is 3.58. The van der Waals surface area contributed by atoms with Crippen LogP contribution in [0.25, 0.3) is 10.9 Å². The SMILES string of the molecule is C=CC(=O)N(C)Cc1cn(C)c2ccc(C)cc12. The van der Waals surface area contributed by atoms with E-state index in [1.165, 1.54) is 22.5 Å². The molecule has 1 amide bonds. The van der Waals surface area contributed by atoms with Crippen molar-refractivity contribution in [3.05, 3.63) is 48.2 Å². The van der Waals surface area contributed by atoms with E-state index in [1.807, 2.05) is 7.05 Å². The Balaban J connectivity index is 2.42. The molecule has 3 nitrogen and oxygen atoms in total. The second-order valence-electron chi connectivity index (χ2n) is 4.68. The molecule has 1 aromatic heterocycles. The number of hydrogen-bond acceptors (Lipinski definition) is 1. The van der Waals surface area contributed by atoms with Gasteiger partial charge in [-0.25, -0.2) is 0 Å². The molecule has 2 aromatic rings. The number of fused-ring (bicyclic) bond motifs is 1. The molecule has 1 aromatic carbocycles. The largest absolute Gasteiger partial charge is 0.350 e. The van der Waals surface area contributed by atoms with Crippen molar-refractivity contribution in [2.75, 3.05) is 7.05 Å². The zero-order valence-electron chi connectivity index (χ0n) is 11.1. The van der Waals surface area contributed by atoms with Crippen LogP contribution < -0.4 is 0 Å². The average molecular weight is 242 g/mol. The van der Waals surface area contributed by atoms with Crippen molar-refractivity contribution < 1.29 is 4.79 Å². The zero-order valence-corrected chi connectivity index (χ0v) is 11.1. The average Bonchev–Trinajstić information content (AvgIpc) is 2.64. The number of carbonyl (C=O) groups excluding carboxylic acids is 1. The van der Waals surface area contributed by atoms with Crippen LogP contribution in [0.1, 0.15) is 11.1 Å². The fraction of sp³-hybridized carbons (Fsp3) is 0.267. The molecule has 0 spiro atoms. The van der Waals surface area contributed by atoms with E-state index in [0.29, 0.717) is 6.54 Å². The first-order chi connectivity index (χ1) is 8.52. The fourth-order valence-electron chi connectivity index (χ4n) is 2.20. The molecule has 0 fully saturated rings. The molecular formula is C15H18N2O. The Morgan fingerprint density at radius 3 is 2.89 bits per heavy atom. The molecule has 2 rings (SSSR count). The lowest BCUT2D eigenvalue weighted by molar-refractivity contribution is -0.125. The predicted molar refractivity (Wildman–Crippen MR) is 74.3 cm³/mol. The molecule has 3 heteroatoms. The number of likely N-dealkylation sites (N-methyl/N-ethyl adjacent to an activating group) is 1. The van der Waals surface area contributed by atoms with Crippen molar-refractivity contribution in [3.8, 4) is 0 Å². The molecular weight excluding hydrogens is 224 g/mol. The summed E-state index contributed by atoms with van der Waals surface area (Å²) in [6.45, 7) is 6.19. The van der Waals surface area contributed by atoms with Crippen LogP contribution in [0.3, 0.4) is 0 Å². The smallest absolute Gasteiger partial charge is 0.245 e. The number of nitrogens with zero attached hydrogens (tertiary/aromatic N) is 2. The van der Waals surface area contributed by atoms with Gasteiger partial charge in [-0.2, -0.15) is 0 Å². The van der Waals surface area contributed by atoms with Gasteiger partial charge in [0.15, 0.2) is 0 Å². The lowest BCUT2D eigenvalue weighted by atomic mass is 10.1. The second kappa shape index (κ2) is 4.69. The number of aromatic nitrogens is 1. The molecule has 94 valence electrons. The van der Waals surface area contributed by atoms with Gasteiger partial charge in [0.2, 0.25) is 5.91 Å². The van der Waals surface area contributed by atoms with Crippen LogP contribution in [-0.4, -0.2) is 22.4 Å². The minimum atomic E-state index is -0.0559. The lowest BCUT2D eigenvalue weighted by Crippen LogP contribution is -2.23. The molecule has 0 N–H and O–H groups in total. The molecule has 0 aliphatic heterocycles. The Kier molecular flexibility index (Phi) is 3.24. The fourth-order valence-corrected chi connectivity index (χ4v) is 2.20. The summed E-state index contributed by atoms with van der Waals surface area (Å²) in [7, 11) is 3.81. The van der Waals surface area contributed by atoms with Crippen molar-refractivity contribution >= 4 is 16.8 Å². The molecule has 0 aliphatic rings. The van der Waals surface area contributed by atoms with Crippen LogP contribution in [0.5, 0.6) is 0 Å². The molecule has 0 aliphatic carbocycles. The van der Waals surface area contributed by atoms with Crippen molar-refractivity contribution in [3.63, 3.8) is 0 Å². The van der Waals surface area contributed by atoms with Gasteiger partial charge in [-0.3, -0.25) is 4.79 Å². The van der Waals surface area contributed by atoms with E-state index in [2.05, 4.69) is 42.5 Å². The Morgan fingerprint density at radius 2 is 2.22 bits per heavy atom. The number of carbonyl (C=O) groups is 1. The number of hydrogen-bond donors (Lipinski definition) is 0. The third kappa shape index (κ3) is 2.16. The highest BCUT2D eigenvalue weighted by atomic mass is 16.2. The maximum Gasteiger partial charge on any atom is 0.245 e. The molecule has 0 saturated heterocycles. The third-order valence-corrected chi connectivity index (χ3v) is 3.19. The summed E-state index contributed by atoms with van der Waals surface area (Å²) < 4.78 is 2.09. The Hall–Kier alpha value is -2.03. The van der Waals surface area contributed by atoms with Crippen molar-refractivity contribution in [2.45, 2.75) is 13.5 Å². The molecule has 0 bridgehead atoms. The maximum atomic E-state index is 11.5. The lowest BCUT2D eigenvalue weighted by Gasteiger charge is -2.14. The second-order valence-corrected chi connectivity index (χ2v) is 4.68. The first kappa shape index (κ1) is 12.4. The normalized spacial score (nSPS) is 10.6. The van der Waals surface area contributed by atoms with Gasteiger partial charge in [0.1, 0.15) is 0 Å². The molecule has 18 heavy (non-hydrogen) atoms. The topological polar surface area (TPSA) is 25.2 Å². The van der Waals surface area contributed by atoms with E-state index in [9.17, 15) is 4.79 Å². The van der Waals surface area contributed by atoms with Crippen LogP contribution in [0, 0.1) is 6.92 Å². The summed E-state index contributed by atoms with van der Waals surface area (Å²) >= 11 is 0. The summed E-state index contributed by atoms with van der Waals surface area (Å²) in [6, 6.07) is 6.38. The summed E-state index contributed by atoms with van der Waals surface area (Å²) in [4.78, 5) is 13.2. The third-order valence-electron chi connectivity index (χ3n) is 3.19. The van der Waals surface area contributed by atoms with Gasteiger partial charge in [0.05, 0.1) is 0 Å². The first-order valence-corrected chi connectivity index (χ1v) is 5.95. The Morgan fingerprint density at radius 1 is 1.50 bits per heavy atom. The van der Waals surface area contributed by atoms with Crippen LogP contribution in [0.4, 0.5) is 0 Å². The van der Waals surface area contributed by atoms with Gasteiger partial charge in [-0.05, 0) is 30.7 Å². The van der Waals surface area contributed by atoms with E-state index >= 15 is 0 Å². The minimum absolute atomic E-state index is 0.0559. The number of rotatable bonds is 3. The van der Waals surface area contributed by atoms with Gasteiger partial charge in [0.25, 0.3) is 0 Å². The molecule has 0 unspecified atom stereocenters. The molecule has 0 radical (unpaired) electrons. The zero-order chi connectivity index (χ0) is 13.3. The van der Waals surface area contributed by atoms with Gasteiger partial charge in [-0.1, -0.05) is 18.2 Å². The predicted octanol–water partition coefficient (Wildman–Crippen LogP) is 2.63. The maximum absolute atomic E-state index is 11.5. The number of aryl methyl sites for hydroxylation is 2. The van der Waals surface area contributed by atoms with Crippen LogP contribution >= 0.6 is 0 Å². The molecule has 0 saturated carbocycles. The van der Waals surface area contributed by atoms with Crippen molar-refractivity contribution in [2.24, 2.45) is 7.05 Å². The summed E-state index contributed by atoms with van der Waals surface area (Å²) in [6.07, 6.45) is 3.42. The van der Waals surface area contributed by atoms with Gasteiger partial charge in [0, 0.05) is 37.7 Å². The van der Waals surface area contributed by atoms with Crippen molar-refractivity contribution in [1.82, 2.24) is 9.47 Å². The van der Waals surface area contributed by atoms with Crippen LogP contribution in [0.15, 0.2) is 37.1 Å². The standard InChI is InChI=1S/C15H18N2O/c1-5-15(18)17(4)10-12-9-16(3)14-7-6-11(2)8-13(12)14/h5-9H,1,10H2,2-4H3. The summed E-state index contributed by atoms with van der Waals surface area (Å²) in [5.74, 6) is -0.0559. The monoisotopic (exact) mass is 242 g/mol. The van der Waals surface area contributed by atoms with Crippen LogP contribution in [-0.2, 0) is 18.4 Å². The van der Waals surface area contributed by atoms with Crippen molar-refractivity contribution in [1.29, 1.82) is 0 Å². The Bertz CT molecular complexity index is 610. The van der Waals surface area contributed by atoms with E-state index in [-0.39, 0.29) is 5.91 Å². The number of amides is 1. The van der Waals surface area contributed by atoms with Gasteiger partial charge in [-0.15, -0.1) is 0 Å². The van der Waals surface area contributed by atoms with Crippen LogP contribution in [0.2, 0.25) is 0 Å². The highest BCUT2D eigenvalue weighted by Gasteiger charge is 2.11.